The molecule has 14 heavy (non-hydrogen) atoms. The Labute approximate surface area is 82.0 Å². The number of amides is 1. The fourth-order valence-corrected chi connectivity index (χ4v) is 0.881. The molecule has 1 aromatic heterocycles. The summed E-state index contributed by atoms with van der Waals surface area (Å²) < 4.78 is 0. The molecule has 1 heterocycles. The van der Waals surface area contributed by atoms with Crippen LogP contribution in [0, 0.1) is 0 Å². The molecule has 1 aromatic rings. The second-order valence-corrected chi connectivity index (χ2v) is 2.81. The monoisotopic (exact) mass is 195 g/mol. The number of nitrogens with one attached hydrogen (secondary N) is 1. The number of pyridine rings is 1. The summed E-state index contributed by atoms with van der Waals surface area (Å²) in [6.07, 6.45) is 0.830. The second-order valence-electron chi connectivity index (χ2n) is 2.81. The third-order valence-corrected chi connectivity index (χ3v) is 1.67. The molecule has 4 N–H and O–H groups in total. The summed E-state index contributed by atoms with van der Waals surface area (Å²) in [7, 11) is 0. The van der Waals surface area contributed by atoms with Gasteiger partial charge in [0, 0.05) is 19.3 Å². The molecule has 1 atom stereocenters. The number of rotatable bonds is 4. The van der Waals surface area contributed by atoms with E-state index in [1.165, 1.54) is 6.20 Å². The van der Waals surface area contributed by atoms with Crippen LogP contribution in [0.15, 0.2) is 24.4 Å². The molecule has 5 nitrogen and oxygen atoms in total. The quantitative estimate of drug-likeness (QED) is 0.582. The van der Waals surface area contributed by atoms with Crippen LogP contribution in [-0.2, 0) is 0 Å². The van der Waals surface area contributed by atoms with Gasteiger partial charge in [0.25, 0.3) is 5.91 Å². The van der Waals surface area contributed by atoms with Crippen molar-refractivity contribution < 1.29 is 9.90 Å². The topological polar surface area (TPSA) is 88.2 Å². The van der Waals surface area contributed by atoms with Gasteiger partial charge < -0.3 is 16.2 Å². The van der Waals surface area contributed by atoms with E-state index in [1.54, 1.807) is 18.2 Å². The average molecular weight is 195 g/mol. The molecular weight excluding hydrogens is 182 g/mol. The minimum Gasteiger partial charge on any atom is -0.390 e. The lowest BCUT2D eigenvalue weighted by Gasteiger charge is -2.08. The van der Waals surface area contributed by atoms with Crippen molar-refractivity contribution in [2.75, 3.05) is 13.1 Å². The zero-order valence-corrected chi connectivity index (χ0v) is 7.68. The van der Waals surface area contributed by atoms with E-state index in [2.05, 4.69) is 10.3 Å². The zero-order valence-electron chi connectivity index (χ0n) is 7.68. The normalized spacial score (nSPS) is 12.1. The third-order valence-electron chi connectivity index (χ3n) is 1.67. The smallest absolute Gasteiger partial charge is 0.269 e. The van der Waals surface area contributed by atoms with Crippen molar-refractivity contribution in [2.45, 2.75) is 6.10 Å². The fraction of sp³-hybridized carbons (Fsp3) is 0.333. The van der Waals surface area contributed by atoms with Crippen LogP contribution < -0.4 is 11.1 Å². The number of aliphatic hydroxyl groups excluding tert-OH is 1. The molecule has 0 fully saturated rings. The highest BCUT2D eigenvalue weighted by Gasteiger charge is 2.07. The summed E-state index contributed by atoms with van der Waals surface area (Å²) in [5.41, 5.74) is 5.51. The average Bonchev–Trinajstić information content (AvgIpc) is 2.26. The number of aliphatic hydroxyl groups is 1. The molecule has 5 heteroatoms. The standard InChI is InChI=1S/C9H13N3O2/c10-5-7(13)6-12-9(14)8-3-1-2-4-11-8/h1-4,7,13H,5-6,10H2,(H,12,14). The number of aromatic nitrogens is 1. The van der Waals surface area contributed by atoms with E-state index in [4.69, 9.17) is 10.8 Å². The van der Waals surface area contributed by atoms with E-state index >= 15 is 0 Å². The predicted molar refractivity (Wildman–Crippen MR) is 51.6 cm³/mol. The van der Waals surface area contributed by atoms with Crippen molar-refractivity contribution >= 4 is 5.91 Å². The van der Waals surface area contributed by atoms with Gasteiger partial charge in [0.05, 0.1) is 6.10 Å². The van der Waals surface area contributed by atoms with Crippen LogP contribution in [0.5, 0.6) is 0 Å². The molecule has 1 unspecified atom stereocenters. The summed E-state index contributed by atoms with van der Waals surface area (Å²) in [5.74, 6) is -0.307. The molecule has 0 aliphatic carbocycles. The van der Waals surface area contributed by atoms with E-state index in [0.717, 1.165) is 0 Å². The van der Waals surface area contributed by atoms with Gasteiger partial charge in [-0.3, -0.25) is 9.78 Å². The molecule has 0 aliphatic heterocycles. The van der Waals surface area contributed by atoms with Crippen LogP contribution >= 0.6 is 0 Å². The highest BCUT2D eigenvalue weighted by Crippen LogP contribution is 1.92. The van der Waals surface area contributed by atoms with E-state index in [0.29, 0.717) is 5.69 Å². The Morgan fingerprint density at radius 2 is 2.43 bits per heavy atom. The number of nitrogens with zero attached hydrogens (tertiary/aromatic N) is 1. The Kier molecular flexibility index (Phi) is 4.03. The number of carbonyl (C=O) groups excluding carboxylic acids is 1. The molecule has 0 aromatic carbocycles. The van der Waals surface area contributed by atoms with E-state index in [9.17, 15) is 4.79 Å². The van der Waals surface area contributed by atoms with Crippen LogP contribution in [0.1, 0.15) is 10.5 Å². The van der Waals surface area contributed by atoms with Crippen LogP contribution in [-0.4, -0.2) is 35.2 Å². The fourth-order valence-electron chi connectivity index (χ4n) is 0.881. The van der Waals surface area contributed by atoms with Crippen molar-refractivity contribution in [3.63, 3.8) is 0 Å². The van der Waals surface area contributed by atoms with Crippen LogP contribution in [0.3, 0.4) is 0 Å². The Balaban J connectivity index is 2.44. The van der Waals surface area contributed by atoms with Gasteiger partial charge in [0.15, 0.2) is 0 Å². The summed E-state index contributed by atoms with van der Waals surface area (Å²) in [6.45, 7) is 0.272. The SMILES string of the molecule is NCC(O)CNC(=O)c1ccccn1. The molecular formula is C9H13N3O2. The molecule has 76 valence electrons. The second kappa shape index (κ2) is 5.31. The molecule has 0 saturated heterocycles. The van der Waals surface area contributed by atoms with Crippen molar-refractivity contribution in [2.24, 2.45) is 5.73 Å². The maximum atomic E-state index is 11.3. The van der Waals surface area contributed by atoms with Gasteiger partial charge in [-0.15, -0.1) is 0 Å². The maximum Gasteiger partial charge on any atom is 0.269 e. The zero-order chi connectivity index (χ0) is 10.4. The largest absolute Gasteiger partial charge is 0.390 e. The number of hydrogen-bond donors (Lipinski definition) is 3. The first-order valence-corrected chi connectivity index (χ1v) is 4.31. The van der Waals surface area contributed by atoms with E-state index in [1.807, 2.05) is 0 Å². The molecule has 0 saturated carbocycles. The third kappa shape index (κ3) is 3.12. The summed E-state index contributed by atoms with van der Waals surface area (Å²) in [4.78, 5) is 15.2. The highest BCUT2D eigenvalue weighted by molar-refractivity contribution is 5.92. The number of nitrogens with two attached hydrogens (primary N) is 1. The maximum absolute atomic E-state index is 11.3. The molecule has 1 rings (SSSR count). The first-order chi connectivity index (χ1) is 6.74. The van der Waals surface area contributed by atoms with Gasteiger partial charge >= 0.3 is 0 Å². The Morgan fingerprint density at radius 1 is 1.64 bits per heavy atom. The Hall–Kier alpha value is -1.46. The highest BCUT2D eigenvalue weighted by atomic mass is 16.3. The summed E-state index contributed by atoms with van der Waals surface area (Å²) in [5, 5.41) is 11.6. The first kappa shape index (κ1) is 10.6. The Morgan fingerprint density at radius 3 is 3.00 bits per heavy atom. The summed E-state index contributed by atoms with van der Waals surface area (Å²) in [6, 6.07) is 5.05. The van der Waals surface area contributed by atoms with Crippen LogP contribution in [0.4, 0.5) is 0 Å². The van der Waals surface area contributed by atoms with Crippen LogP contribution in [0.25, 0.3) is 0 Å². The molecule has 1 amide bonds. The van der Waals surface area contributed by atoms with Gasteiger partial charge in [-0.25, -0.2) is 0 Å². The van der Waals surface area contributed by atoms with Crippen molar-refractivity contribution in [3.05, 3.63) is 30.1 Å². The van der Waals surface area contributed by atoms with Gasteiger partial charge in [-0.2, -0.15) is 0 Å². The van der Waals surface area contributed by atoms with E-state index in [-0.39, 0.29) is 19.0 Å². The lowest BCUT2D eigenvalue weighted by atomic mass is 10.3. The molecule has 0 radical (unpaired) electrons. The van der Waals surface area contributed by atoms with Crippen molar-refractivity contribution in [1.82, 2.24) is 10.3 Å². The van der Waals surface area contributed by atoms with Crippen molar-refractivity contribution in [3.8, 4) is 0 Å². The predicted octanol–water partition coefficient (Wildman–Crippen LogP) is -0.869. The van der Waals surface area contributed by atoms with Gasteiger partial charge in [-0.05, 0) is 12.1 Å². The van der Waals surface area contributed by atoms with Crippen molar-refractivity contribution in [1.29, 1.82) is 0 Å². The molecule has 0 spiro atoms. The lowest BCUT2D eigenvalue weighted by Crippen LogP contribution is -2.36. The number of hydrogen-bond acceptors (Lipinski definition) is 4. The lowest BCUT2D eigenvalue weighted by molar-refractivity contribution is 0.0915. The van der Waals surface area contributed by atoms with Gasteiger partial charge in [-0.1, -0.05) is 6.07 Å². The number of carbonyl (C=O) groups is 1. The molecule has 0 aliphatic rings. The molecule has 0 bridgehead atoms. The first-order valence-electron chi connectivity index (χ1n) is 4.31. The van der Waals surface area contributed by atoms with Crippen LogP contribution in [0.2, 0.25) is 0 Å². The minimum atomic E-state index is -0.706. The Bertz CT molecular complexity index is 289. The van der Waals surface area contributed by atoms with Gasteiger partial charge in [0.1, 0.15) is 5.69 Å². The van der Waals surface area contributed by atoms with Gasteiger partial charge in [0.2, 0.25) is 0 Å². The van der Waals surface area contributed by atoms with E-state index < -0.39 is 6.10 Å². The summed E-state index contributed by atoms with van der Waals surface area (Å²) >= 11 is 0. The minimum absolute atomic E-state index is 0.127.